The highest BCUT2D eigenvalue weighted by molar-refractivity contribution is 7.22. The number of hydrogen-bond donors (Lipinski definition) is 2. The number of nitrogens with one attached hydrogen (secondary N) is 1. The van der Waals surface area contributed by atoms with Crippen molar-refractivity contribution in [2.75, 3.05) is 12.5 Å². The van der Waals surface area contributed by atoms with Crippen molar-refractivity contribution in [1.29, 1.82) is 0 Å². The number of ether oxygens (including phenoxy) is 1. The molecule has 0 aliphatic rings. The molecule has 0 spiro atoms. The van der Waals surface area contributed by atoms with E-state index < -0.39 is 16.4 Å². The van der Waals surface area contributed by atoms with Gasteiger partial charge in [-0.25, -0.2) is 4.98 Å². The van der Waals surface area contributed by atoms with Gasteiger partial charge in [0.1, 0.15) is 0 Å². The van der Waals surface area contributed by atoms with Gasteiger partial charge in [-0.2, -0.15) is 5.10 Å². The monoisotopic (exact) mass is 344 g/mol. The van der Waals surface area contributed by atoms with Crippen LogP contribution < -0.4 is 10.2 Å². The highest BCUT2D eigenvalue weighted by atomic mass is 32.1. The highest BCUT2D eigenvalue weighted by Crippen LogP contribution is 2.36. The molecule has 3 rings (SSSR count). The lowest BCUT2D eigenvalue weighted by Gasteiger charge is -2.04. The second-order valence-corrected chi connectivity index (χ2v) is 5.74. The van der Waals surface area contributed by atoms with Gasteiger partial charge in [-0.3, -0.25) is 15.5 Å². The fourth-order valence-corrected chi connectivity index (χ4v) is 2.88. The third-order valence-electron chi connectivity index (χ3n) is 3.16. The quantitative estimate of drug-likeness (QED) is 0.417. The van der Waals surface area contributed by atoms with Crippen molar-refractivity contribution >= 4 is 38.6 Å². The summed E-state index contributed by atoms with van der Waals surface area (Å²) >= 11 is 1.44. The Labute approximate surface area is 140 Å². The highest BCUT2D eigenvalue weighted by Gasteiger charge is 2.19. The van der Waals surface area contributed by atoms with Crippen molar-refractivity contribution in [1.82, 2.24) is 4.98 Å². The van der Waals surface area contributed by atoms with Gasteiger partial charge in [-0.05, 0) is 18.2 Å². The van der Waals surface area contributed by atoms with E-state index in [0.717, 1.165) is 10.2 Å². The molecule has 0 bridgehead atoms. The molecule has 0 atom stereocenters. The number of hydrogen-bond acceptors (Lipinski definition) is 8. The Bertz CT molecular complexity index is 905. The fourth-order valence-electron chi connectivity index (χ4n) is 2.07. The predicted octanol–water partition coefficient (Wildman–Crippen LogP) is 3.36. The Morgan fingerprint density at radius 3 is 2.92 bits per heavy atom. The van der Waals surface area contributed by atoms with Gasteiger partial charge in [-0.15, -0.1) is 0 Å². The van der Waals surface area contributed by atoms with Crippen molar-refractivity contribution < 1.29 is 14.8 Å². The van der Waals surface area contributed by atoms with Gasteiger partial charge >= 0.3 is 5.69 Å². The van der Waals surface area contributed by atoms with Crippen LogP contribution in [0.5, 0.6) is 11.5 Å². The minimum atomic E-state index is -0.684. The van der Waals surface area contributed by atoms with E-state index >= 15 is 0 Å². The number of nitro benzene ring substituents is 1. The maximum Gasteiger partial charge on any atom is 0.315 e. The first kappa shape index (κ1) is 15.7. The molecule has 0 aliphatic heterocycles. The molecular weight excluding hydrogens is 332 g/mol. The van der Waals surface area contributed by atoms with Crippen LogP contribution in [0, 0.1) is 10.1 Å². The number of fused-ring (bicyclic) bond motifs is 1. The van der Waals surface area contributed by atoms with Gasteiger partial charge in [0.05, 0.1) is 28.5 Å². The number of methoxy groups -OCH3 is 1. The molecule has 0 saturated heterocycles. The first-order chi connectivity index (χ1) is 11.6. The summed E-state index contributed by atoms with van der Waals surface area (Å²) in [5.74, 6) is -0.510. The summed E-state index contributed by atoms with van der Waals surface area (Å²) < 4.78 is 5.96. The predicted molar refractivity (Wildman–Crippen MR) is 92.1 cm³/mol. The SMILES string of the molecule is COc1cc(/C=N\Nc2nc3ccccc3s2)cc([N+](=O)[O-])c1O. The van der Waals surface area contributed by atoms with E-state index in [2.05, 4.69) is 15.5 Å². The van der Waals surface area contributed by atoms with Crippen molar-refractivity contribution in [2.45, 2.75) is 0 Å². The normalized spacial score (nSPS) is 11.0. The van der Waals surface area contributed by atoms with Crippen LogP contribution >= 0.6 is 11.3 Å². The zero-order valence-corrected chi connectivity index (χ0v) is 13.3. The minimum absolute atomic E-state index is 0.00522. The van der Waals surface area contributed by atoms with Crippen molar-refractivity contribution in [3.8, 4) is 11.5 Å². The average molecular weight is 344 g/mol. The number of thiazole rings is 1. The summed E-state index contributed by atoms with van der Waals surface area (Å²) in [4.78, 5) is 14.6. The van der Waals surface area contributed by atoms with Gasteiger partial charge in [0.2, 0.25) is 10.9 Å². The summed E-state index contributed by atoms with van der Waals surface area (Å²) in [6, 6.07) is 10.3. The van der Waals surface area contributed by atoms with Crippen molar-refractivity contribution in [3.05, 3.63) is 52.1 Å². The summed E-state index contributed by atoms with van der Waals surface area (Å²) in [5.41, 5.74) is 3.61. The molecule has 1 heterocycles. The number of hydrazone groups is 1. The van der Waals surface area contributed by atoms with Crippen LogP contribution in [0.25, 0.3) is 10.2 Å². The van der Waals surface area contributed by atoms with Gasteiger partial charge in [0, 0.05) is 11.6 Å². The first-order valence-corrected chi connectivity index (χ1v) is 7.60. The lowest BCUT2D eigenvalue weighted by Crippen LogP contribution is -1.96. The van der Waals surface area contributed by atoms with Gasteiger partial charge in [0.15, 0.2) is 5.75 Å². The molecule has 0 fully saturated rings. The second-order valence-electron chi connectivity index (χ2n) is 4.70. The third kappa shape index (κ3) is 3.10. The number of phenols is 1. The van der Waals surface area contributed by atoms with Crippen LogP contribution in [-0.4, -0.2) is 28.3 Å². The number of phenolic OH excluding ortho intramolecular Hbond substituents is 1. The van der Waals surface area contributed by atoms with Crippen LogP contribution in [0.15, 0.2) is 41.5 Å². The Hall–Kier alpha value is -3.20. The van der Waals surface area contributed by atoms with Crippen molar-refractivity contribution in [3.63, 3.8) is 0 Å². The Morgan fingerprint density at radius 2 is 2.21 bits per heavy atom. The zero-order chi connectivity index (χ0) is 17.1. The number of anilines is 1. The van der Waals surface area contributed by atoms with E-state index in [0.29, 0.717) is 10.7 Å². The molecule has 2 aromatic carbocycles. The van der Waals surface area contributed by atoms with Crippen LogP contribution in [0.3, 0.4) is 0 Å². The van der Waals surface area contributed by atoms with Gasteiger partial charge in [0.25, 0.3) is 0 Å². The smallest absolute Gasteiger partial charge is 0.315 e. The maximum absolute atomic E-state index is 11.0. The third-order valence-corrected chi connectivity index (χ3v) is 4.10. The standard InChI is InChI=1S/C15H12N4O4S/c1-23-12-7-9(6-11(14(12)20)19(21)22)8-16-18-15-17-10-4-2-3-5-13(10)24-15/h2-8,20H,1H3,(H,17,18)/b16-8-. The molecule has 0 amide bonds. The molecule has 0 radical (unpaired) electrons. The maximum atomic E-state index is 11.0. The second kappa shape index (κ2) is 6.50. The number of benzene rings is 2. The Morgan fingerprint density at radius 1 is 1.42 bits per heavy atom. The summed E-state index contributed by atoms with van der Waals surface area (Å²) in [6.45, 7) is 0. The fraction of sp³-hybridized carbons (Fsp3) is 0.0667. The summed E-state index contributed by atoms with van der Waals surface area (Å²) in [6.07, 6.45) is 1.39. The molecule has 24 heavy (non-hydrogen) atoms. The molecule has 2 N–H and O–H groups in total. The number of nitrogens with zero attached hydrogens (tertiary/aromatic N) is 3. The molecule has 0 aliphatic carbocycles. The molecule has 0 unspecified atom stereocenters. The molecular formula is C15H12N4O4S. The van der Waals surface area contributed by atoms with Crippen LogP contribution in [0.4, 0.5) is 10.8 Å². The van der Waals surface area contributed by atoms with Gasteiger partial charge in [-0.1, -0.05) is 23.5 Å². The largest absolute Gasteiger partial charge is 0.500 e. The summed E-state index contributed by atoms with van der Waals surface area (Å²) in [7, 11) is 1.32. The molecule has 3 aromatic rings. The van der Waals surface area contributed by atoms with E-state index in [1.165, 1.54) is 36.8 Å². The molecule has 9 heteroatoms. The zero-order valence-electron chi connectivity index (χ0n) is 12.5. The van der Waals surface area contributed by atoms with E-state index in [-0.39, 0.29) is 5.75 Å². The first-order valence-electron chi connectivity index (χ1n) is 6.78. The number of aromatic hydroxyl groups is 1. The molecule has 122 valence electrons. The Kier molecular flexibility index (Phi) is 4.25. The average Bonchev–Trinajstić information content (AvgIpc) is 2.98. The van der Waals surface area contributed by atoms with E-state index in [1.807, 2.05) is 24.3 Å². The van der Waals surface area contributed by atoms with Gasteiger partial charge < -0.3 is 9.84 Å². The number of nitro groups is 1. The van der Waals surface area contributed by atoms with Crippen LogP contribution in [0.1, 0.15) is 5.56 Å². The summed E-state index contributed by atoms with van der Waals surface area (Å²) in [5, 5.41) is 25.3. The topological polar surface area (TPSA) is 110 Å². The number of para-hydroxylation sites is 1. The number of aromatic nitrogens is 1. The van der Waals surface area contributed by atoms with E-state index in [9.17, 15) is 15.2 Å². The molecule has 1 aromatic heterocycles. The lowest BCUT2D eigenvalue weighted by molar-refractivity contribution is -0.386. The molecule has 0 saturated carbocycles. The Balaban J connectivity index is 1.83. The minimum Gasteiger partial charge on any atom is -0.500 e. The van der Waals surface area contributed by atoms with E-state index in [4.69, 9.17) is 4.74 Å². The lowest BCUT2D eigenvalue weighted by atomic mass is 10.2. The van der Waals surface area contributed by atoms with E-state index in [1.54, 1.807) is 0 Å². The van der Waals surface area contributed by atoms with Crippen molar-refractivity contribution in [2.24, 2.45) is 5.10 Å². The van der Waals surface area contributed by atoms with Crippen LogP contribution in [-0.2, 0) is 0 Å². The number of rotatable bonds is 5. The molecule has 8 nitrogen and oxygen atoms in total. The van der Waals surface area contributed by atoms with Crippen LogP contribution in [0.2, 0.25) is 0 Å².